The minimum atomic E-state index is -3.72. The second-order valence-corrected chi connectivity index (χ2v) is 9.77. The van der Waals surface area contributed by atoms with Crippen LogP contribution in [0, 0.1) is 5.92 Å². The number of benzene rings is 2. The van der Waals surface area contributed by atoms with E-state index in [1.54, 1.807) is 31.2 Å². The molecule has 3 rings (SSSR count). The summed E-state index contributed by atoms with van der Waals surface area (Å²) in [5.74, 6) is -0.590. The van der Waals surface area contributed by atoms with Crippen molar-refractivity contribution in [2.75, 3.05) is 32.9 Å². The van der Waals surface area contributed by atoms with Crippen LogP contribution in [0.4, 0.5) is 0 Å². The summed E-state index contributed by atoms with van der Waals surface area (Å²) in [5, 5.41) is 0.607. The van der Waals surface area contributed by atoms with Gasteiger partial charge in [0.1, 0.15) is 19.0 Å². The van der Waals surface area contributed by atoms with Gasteiger partial charge in [-0.05, 0) is 68.3 Å². The largest absolute Gasteiger partial charge is 0.490 e. The Morgan fingerprint density at radius 2 is 1.61 bits per heavy atom. The van der Waals surface area contributed by atoms with E-state index in [-0.39, 0.29) is 55.3 Å². The quantitative estimate of drug-likeness (QED) is 0.387. The molecule has 0 N–H and O–H groups in total. The SMILES string of the molecule is CCOC(=O)c1ccc(S(=O)(=O)N2CCC(C(=O)OCCOc3ccc(Cl)cc3)CC2)cc1. The summed E-state index contributed by atoms with van der Waals surface area (Å²) < 4.78 is 42.8. The van der Waals surface area contributed by atoms with Gasteiger partial charge in [0.2, 0.25) is 10.0 Å². The number of nitrogens with zero attached hydrogens (tertiary/aromatic N) is 1. The summed E-state index contributed by atoms with van der Waals surface area (Å²) in [6.45, 7) is 2.68. The highest BCUT2D eigenvalue weighted by Crippen LogP contribution is 2.25. The van der Waals surface area contributed by atoms with E-state index >= 15 is 0 Å². The summed E-state index contributed by atoms with van der Waals surface area (Å²) in [4.78, 5) is 24.2. The third kappa shape index (κ3) is 6.69. The fraction of sp³-hybridized carbons (Fsp3) is 0.391. The van der Waals surface area contributed by atoms with E-state index in [1.165, 1.54) is 28.6 Å². The lowest BCUT2D eigenvalue weighted by molar-refractivity contribution is -0.150. The molecule has 0 radical (unpaired) electrons. The molecule has 8 nitrogen and oxygen atoms in total. The third-order valence-electron chi connectivity index (χ3n) is 5.20. The van der Waals surface area contributed by atoms with Gasteiger partial charge in [-0.25, -0.2) is 13.2 Å². The van der Waals surface area contributed by atoms with E-state index in [1.807, 2.05) is 0 Å². The smallest absolute Gasteiger partial charge is 0.338 e. The molecule has 1 aliphatic rings. The summed E-state index contributed by atoms with van der Waals surface area (Å²) in [7, 11) is -3.72. The Bertz CT molecular complexity index is 1050. The first kappa shape index (κ1) is 25.0. The minimum absolute atomic E-state index is 0.0934. The molecule has 1 fully saturated rings. The van der Waals surface area contributed by atoms with E-state index in [0.717, 1.165) is 0 Å². The molecule has 2 aromatic rings. The molecule has 0 amide bonds. The van der Waals surface area contributed by atoms with E-state index < -0.39 is 16.0 Å². The molecule has 0 aromatic heterocycles. The van der Waals surface area contributed by atoms with Crippen LogP contribution in [0.3, 0.4) is 0 Å². The normalized spacial score (nSPS) is 15.1. The monoisotopic (exact) mass is 495 g/mol. The van der Waals surface area contributed by atoms with Gasteiger partial charge in [-0.15, -0.1) is 0 Å². The molecule has 0 bridgehead atoms. The highest BCUT2D eigenvalue weighted by atomic mass is 35.5. The van der Waals surface area contributed by atoms with E-state index in [0.29, 0.717) is 23.6 Å². The number of halogens is 1. The molecule has 2 aromatic carbocycles. The first-order valence-corrected chi connectivity index (χ1v) is 12.5. The van der Waals surface area contributed by atoms with Crippen LogP contribution in [0.5, 0.6) is 5.75 Å². The minimum Gasteiger partial charge on any atom is -0.490 e. The number of hydrogen-bond acceptors (Lipinski definition) is 7. The van der Waals surface area contributed by atoms with Gasteiger partial charge in [0.15, 0.2) is 0 Å². The molecule has 0 unspecified atom stereocenters. The van der Waals surface area contributed by atoms with Crippen molar-refractivity contribution in [3.8, 4) is 5.75 Å². The van der Waals surface area contributed by atoms with Gasteiger partial charge in [0, 0.05) is 18.1 Å². The molecular weight excluding hydrogens is 470 g/mol. The fourth-order valence-corrected chi connectivity index (χ4v) is 5.00. The average Bonchev–Trinajstić information content (AvgIpc) is 2.83. The second-order valence-electron chi connectivity index (χ2n) is 7.39. The summed E-state index contributed by atoms with van der Waals surface area (Å²) >= 11 is 5.82. The number of hydrogen-bond donors (Lipinski definition) is 0. The summed E-state index contributed by atoms with van der Waals surface area (Å²) in [6, 6.07) is 12.5. The maximum atomic E-state index is 12.9. The molecule has 0 aliphatic carbocycles. The van der Waals surface area contributed by atoms with Gasteiger partial charge in [-0.2, -0.15) is 4.31 Å². The summed E-state index contributed by atoms with van der Waals surface area (Å²) in [5.41, 5.74) is 0.289. The van der Waals surface area contributed by atoms with Gasteiger partial charge in [0.05, 0.1) is 23.0 Å². The van der Waals surface area contributed by atoms with Gasteiger partial charge in [0.25, 0.3) is 0 Å². The van der Waals surface area contributed by atoms with Gasteiger partial charge in [-0.1, -0.05) is 11.6 Å². The molecule has 1 aliphatic heterocycles. The van der Waals surface area contributed by atoms with Crippen molar-refractivity contribution < 1.29 is 32.2 Å². The van der Waals surface area contributed by atoms with Crippen molar-refractivity contribution in [3.63, 3.8) is 0 Å². The first-order valence-electron chi connectivity index (χ1n) is 10.6. The van der Waals surface area contributed by atoms with E-state index in [9.17, 15) is 18.0 Å². The zero-order valence-corrected chi connectivity index (χ0v) is 19.8. The second kappa shape index (κ2) is 11.5. The lowest BCUT2D eigenvalue weighted by Gasteiger charge is -2.30. The van der Waals surface area contributed by atoms with Crippen LogP contribution >= 0.6 is 11.6 Å². The fourth-order valence-electron chi connectivity index (χ4n) is 3.41. The maximum absolute atomic E-state index is 12.9. The number of carbonyl (C=O) groups is 2. The lowest BCUT2D eigenvalue weighted by atomic mass is 9.98. The Kier molecular flexibility index (Phi) is 8.71. The average molecular weight is 496 g/mol. The molecule has 33 heavy (non-hydrogen) atoms. The topological polar surface area (TPSA) is 99.2 Å². The molecule has 1 heterocycles. The third-order valence-corrected chi connectivity index (χ3v) is 7.37. The van der Waals surface area contributed by atoms with Crippen molar-refractivity contribution in [2.45, 2.75) is 24.7 Å². The Hall–Kier alpha value is -2.62. The van der Waals surface area contributed by atoms with Crippen LogP contribution < -0.4 is 4.74 Å². The molecule has 10 heteroatoms. The Morgan fingerprint density at radius 3 is 2.21 bits per heavy atom. The van der Waals surface area contributed by atoms with Crippen LogP contribution in [-0.4, -0.2) is 57.6 Å². The number of carbonyl (C=O) groups excluding carboxylic acids is 2. The Labute approximate surface area is 198 Å². The first-order chi connectivity index (χ1) is 15.8. The Morgan fingerprint density at radius 1 is 0.970 bits per heavy atom. The van der Waals surface area contributed by atoms with E-state index in [2.05, 4.69) is 0 Å². The number of piperidine rings is 1. The van der Waals surface area contributed by atoms with Crippen LogP contribution in [0.2, 0.25) is 5.02 Å². The predicted octanol–water partition coefficient (Wildman–Crippen LogP) is 3.54. The lowest BCUT2D eigenvalue weighted by Crippen LogP contribution is -2.40. The number of sulfonamides is 1. The van der Waals surface area contributed by atoms with Gasteiger partial charge in [-0.3, -0.25) is 4.79 Å². The summed E-state index contributed by atoms with van der Waals surface area (Å²) in [6.07, 6.45) is 0.744. The molecule has 0 saturated carbocycles. The van der Waals surface area contributed by atoms with Crippen LogP contribution in [-0.2, 0) is 24.3 Å². The Balaban J connectivity index is 1.45. The maximum Gasteiger partial charge on any atom is 0.338 e. The zero-order valence-electron chi connectivity index (χ0n) is 18.2. The highest BCUT2D eigenvalue weighted by molar-refractivity contribution is 7.89. The zero-order chi connectivity index (χ0) is 23.8. The van der Waals surface area contributed by atoms with Crippen molar-refractivity contribution >= 4 is 33.6 Å². The molecule has 0 spiro atoms. The molecule has 0 atom stereocenters. The van der Waals surface area contributed by atoms with Gasteiger partial charge >= 0.3 is 11.9 Å². The number of rotatable bonds is 9. The molecular formula is C23H26ClNO7S. The standard InChI is InChI=1S/C23H26ClNO7S/c1-2-30-22(26)17-3-9-21(10-4-17)33(28,29)25-13-11-18(12-14-25)23(27)32-16-15-31-20-7-5-19(24)6-8-20/h3-10,18H,2,11-16H2,1H3. The highest BCUT2D eigenvalue weighted by Gasteiger charge is 2.32. The van der Waals surface area contributed by atoms with Crippen LogP contribution in [0.15, 0.2) is 53.4 Å². The van der Waals surface area contributed by atoms with Gasteiger partial charge < -0.3 is 14.2 Å². The van der Waals surface area contributed by atoms with Crippen molar-refractivity contribution in [2.24, 2.45) is 5.92 Å². The van der Waals surface area contributed by atoms with Crippen molar-refractivity contribution in [1.29, 1.82) is 0 Å². The van der Waals surface area contributed by atoms with Crippen LogP contribution in [0.25, 0.3) is 0 Å². The van der Waals surface area contributed by atoms with Crippen molar-refractivity contribution in [1.82, 2.24) is 4.31 Å². The number of esters is 2. The predicted molar refractivity (Wildman–Crippen MR) is 122 cm³/mol. The van der Waals surface area contributed by atoms with E-state index in [4.69, 9.17) is 25.8 Å². The number of ether oxygens (including phenoxy) is 3. The molecule has 178 valence electrons. The van der Waals surface area contributed by atoms with Crippen LogP contribution in [0.1, 0.15) is 30.1 Å². The molecule has 1 saturated heterocycles. The van der Waals surface area contributed by atoms with Crippen molar-refractivity contribution in [3.05, 3.63) is 59.1 Å².